The lowest BCUT2D eigenvalue weighted by Gasteiger charge is -2.20. The maximum atomic E-state index is 6.16. The topological polar surface area (TPSA) is 51.4 Å². The van der Waals surface area contributed by atoms with E-state index in [1.165, 1.54) is 38.8 Å². The number of ether oxygens (including phenoxy) is 1. The highest BCUT2D eigenvalue weighted by Crippen LogP contribution is 2.24. The van der Waals surface area contributed by atoms with E-state index >= 15 is 0 Å². The van der Waals surface area contributed by atoms with Crippen molar-refractivity contribution in [2.75, 3.05) is 25.9 Å². The number of nitrogens with zero attached hydrogens (tertiary/aromatic N) is 2. The molecular weight excluding hydrogens is 262 g/mol. The summed E-state index contributed by atoms with van der Waals surface area (Å²) in [6, 6.07) is 8.12. The van der Waals surface area contributed by atoms with Gasteiger partial charge in [0, 0.05) is 23.6 Å². The van der Waals surface area contributed by atoms with Crippen LogP contribution in [-0.2, 0) is 6.54 Å². The van der Waals surface area contributed by atoms with Gasteiger partial charge in [0.1, 0.15) is 11.6 Å². The molecule has 0 spiro atoms. The Morgan fingerprint density at radius 1 is 1.14 bits per heavy atom. The second-order valence-electron chi connectivity index (χ2n) is 5.78. The highest BCUT2D eigenvalue weighted by molar-refractivity contribution is 5.82. The first kappa shape index (κ1) is 14.1. The maximum Gasteiger partial charge on any atom is 0.128 e. The maximum absolute atomic E-state index is 6.16. The van der Waals surface area contributed by atoms with Gasteiger partial charge in [-0.3, -0.25) is 4.90 Å². The van der Waals surface area contributed by atoms with Crippen LogP contribution in [0.2, 0.25) is 0 Å². The normalized spacial score (nSPS) is 16.8. The molecule has 2 N–H and O–H groups in total. The fraction of sp³-hybridized carbons (Fsp3) is 0.471. The van der Waals surface area contributed by atoms with Crippen molar-refractivity contribution in [1.29, 1.82) is 0 Å². The molecule has 3 rings (SSSR count). The summed E-state index contributed by atoms with van der Waals surface area (Å²) in [5.74, 6) is 1.45. The van der Waals surface area contributed by atoms with Gasteiger partial charge in [-0.25, -0.2) is 4.98 Å². The Balaban J connectivity index is 1.86. The summed E-state index contributed by atoms with van der Waals surface area (Å²) >= 11 is 0. The first-order valence-electron chi connectivity index (χ1n) is 7.72. The lowest BCUT2D eigenvalue weighted by atomic mass is 10.1. The summed E-state index contributed by atoms with van der Waals surface area (Å²) in [6.45, 7) is 3.24. The smallest absolute Gasteiger partial charge is 0.128 e. The van der Waals surface area contributed by atoms with Crippen molar-refractivity contribution in [2.24, 2.45) is 0 Å². The van der Waals surface area contributed by atoms with Gasteiger partial charge in [-0.05, 0) is 44.1 Å². The zero-order valence-electron chi connectivity index (χ0n) is 12.6. The number of rotatable bonds is 3. The molecule has 1 aliphatic heterocycles. The van der Waals surface area contributed by atoms with Crippen molar-refractivity contribution < 1.29 is 4.74 Å². The molecule has 4 nitrogen and oxygen atoms in total. The lowest BCUT2D eigenvalue weighted by molar-refractivity contribution is 0.277. The number of anilines is 1. The van der Waals surface area contributed by atoms with Crippen LogP contribution in [0.4, 0.5) is 5.82 Å². The van der Waals surface area contributed by atoms with Gasteiger partial charge < -0.3 is 10.5 Å². The fourth-order valence-corrected chi connectivity index (χ4v) is 2.99. The van der Waals surface area contributed by atoms with Crippen LogP contribution < -0.4 is 10.5 Å². The summed E-state index contributed by atoms with van der Waals surface area (Å²) in [7, 11) is 1.66. The van der Waals surface area contributed by atoms with Gasteiger partial charge >= 0.3 is 0 Å². The van der Waals surface area contributed by atoms with Crippen LogP contribution in [0.25, 0.3) is 10.9 Å². The minimum absolute atomic E-state index is 0.639. The second-order valence-corrected chi connectivity index (χ2v) is 5.78. The van der Waals surface area contributed by atoms with Crippen LogP contribution in [-0.4, -0.2) is 30.1 Å². The monoisotopic (exact) mass is 285 g/mol. The van der Waals surface area contributed by atoms with Gasteiger partial charge in [0.15, 0.2) is 0 Å². The van der Waals surface area contributed by atoms with Crippen molar-refractivity contribution in [1.82, 2.24) is 9.88 Å². The zero-order chi connectivity index (χ0) is 14.7. The Morgan fingerprint density at radius 3 is 2.62 bits per heavy atom. The zero-order valence-corrected chi connectivity index (χ0v) is 12.6. The van der Waals surface area contributed by atoms with E-state index in [1.807, 2.05) is 18.2 Å². The van der Waals surface area contributed by atoms with Crippen LogP contribution in [0.15, 0.2) is 24.3 Å². The van der Waals surface area contributed by atoms with Gasteiger partial charge in [-0.2, -0.15) is 0 Å². The van der Waals surface area contributed by atoms with Gasteiger partial charge in [0.2, 0.25) is 0 Å². The average Bonchev–Trinajstić information content (AvgIpc) is 2.76. The number of nitrogens with two attached hydrogens (primary N) is 1. The Hall–Kier alpha value is -1.81. The molecular formula is C17H23N3O. The third-order valence-electron chi connectivity index (χ3n) is 4.23. The molecule has 1 aliphatic rings. The predicted molar refractivity (Wildman–Crippen MR) is 86.5 cm³/mol. The van der Waals surface area contributed by atoms with Crippen LogP contribution in [0.1, 0.15) is 31.2 Å². The molecule has 112 valence electrons. The molecule has 4 heteroatoms. The first-order chi connectivity index (χ1) is 10.3. The molecule has 1 saturated heterocycles. The standard InChI is InChI=1S/C17H23N3O/c1-21-15-7-6-13-10-14(17(18)19-16(13)11-15)12-20-8-4-2-3-5-9-20/h6-7,10-11H,2-5,8-9,12H2,1H3,(H2,18,19). The number of aromatic nitrogens is 1. The third-order valence-corrected chi connectivity index (χ3v) is 4.23. The Bertz CT molecular complexity index is 619. The van der Waals surface area contributed by atoms with E-state index in [0.29, 0.717) is 5.82 Å². The third kappa shape index (κ3) is 3.27. The molecule has 0 bridgehead atoms. The van der Waals surface area contributed by atoms with Crippen LogP contribution in [0, 0.1) is 0 Å². The molecule has 1 aromatic carbocycles. The molecule has 0 aliphatic carbocycles. The fourth-order valence-electron chi connectivity index (χ4n) is 2.99. The van der Waals surface area contributed by atoms with E-state index in [0.717, 1.165) is 28.8 Å². The number of hydrogen-bond acceptors (Lipinski definition) is 4. The Kier molecular flexibility index (Phi) is 4.25. The van der Waals surface area contributed by atoms with E-state index in [2.05, 4.69) is 16.0 Å². The van der Waals surface area contributed by atoms with Gasteiger partial charge in [-0.15, -0.1) is 0 Å². The quantitative estimate of drug-likeness (QED) is 0.941. The summed E-state index contributed by atoms with van der Waals surface area (Å²) in [5.41, 5.74) is 8.18. The number of nitrogen functional groups attached to an aromatic ring is 1. The second kappa shape index (κ2) is 6.31. The minimum Gasteiger partial charge on any atom is -0.497 e. The molecule has 0 saturated carbocycles. The highest BCUT2D eigenvalue weighted by Gasteiger charge is 2.12. The van der Waals surface area contributed by atoms with Crippen LogP contribution in [0.3, 0.4) is 0 Å². The lowest BCUT2D eigenvalue weighted by Crippen LogP contribution is -2.24. The number of methoxy groups -OCH3 is 1. The molecule has 0 amide bonds. The van der Waals surface area contributed by atoms with Crippen LogP contribution >= 0.6 is 0 Å². The average molecular weight is 285 g/mol. The summed E-state index contributed by atoms with van der Waals surface area (Å²) < 4.78 is 5.24. The van der Waals surface area contributed by atoms with E-state index in [1.54, 1.807) is 7.11 Å². The number of likely N-dealkylation sites (tertiary alicyclic amines) is 1. The van der Waals surface area contributed by atoms with E-state index in [4.69, 9.17) is 10.5 Å². The van der Waals surface area contributed by atoms with Gasteiger partial charge in [0.25, 0.3) is 0 Å². The molecule has 1 fully saturated rings. The summed E-state index contributed by atoms with van der Waals surface area (Å²) in [5, 5.41) is 1.12. The molecule has 2 heterocycles. The summed E-state index contributed by atoms with van der Waals surface area (Å²) in [6.07, 6.45) is 5.28. The first-order valence-corrected chi connectivity index (χ1v) is 7.72. The molecule has 1 aromatic heterocycles. The van der Waals surface area contributed by atoms with Crippen LogP contribution in [0.5, 0.6) is 5.75 Å². The van der Waals surface area contributed by atoms with Crippen molar-refractivity contribution >= 4 is 16.7 Å². The van der Waals surface area contributed by atoms with Crippen molar-refractivity contribution in [2.45, 2.75) is 32.2 Å². The van der Waals surface area contributed by atoms with Crippen molar-refractivity contribution in [3.63, 3.8) is 0 Å². The Labute approximate surface area is 125 Å². The number of fused-ring (bicyclic) bond motifs is 1. The van der Waals surface area contributed by atoms with Crippen molar-refractivity contribution in [3.8, 4) is 5.75 Å². The molecule has 0 unspecified atom stereocenters. The molecule has 0 atom stereocenters. The van der Waals surface area contributed by atoms with Gasteiger partial charge in [-0.1, -0.05) is 12.8 Å². The Morgan fingerprint density at radius 2 is 1.90 bits per heavy atom. The van der Waals surface area contributed by atoms with E-state index in [-0.39, 0.29) is 0 Å². The van der Waals surface area contributed by atoms with Crippen molar-refractivity contribution in [3.05, 3.63) is 29.8 Å². The largest absolute Gasteiger partial charge is 0.497 e. The summed E-state index contributed by atoms with van der Waals surface area (Å²) in [4.78, 5) is 7.04. The number of pyridine rings is 1. The van der Waals surface area contributed by atoms with E-state index < -0.39 is 0 Å². The molecule has 0 radical (unpaired) electrons. The highest BCUT2D eigenvalue weighted by atomic mass is 16.5. The molecule has 21 heavy (non-hydrogen) atoms. The number of hydrogen-bond donors (Lipinski definition) is 1. The predicted octanol–water partition coefficient (Wildman–Crippen LogP) is 3.20. The number of benzene rings is 1. The van der Waals surface area contributed by atoms with Gasteiger partial charge in [0.05, 0.1) is 12.6 Å². The SMILES string of the molecule is COc1ccc2cc(CN3CCCCCC3)c(N)nc2c1. The minimum atomic E-state index is 0.639. The molecule has 2 aromatic rings. The van der Waals surface area contributed by atoms with E-state index in [9.17, 15) is 0 Å².